The fraction of sp³-hybridized carbons (Fsp3) is 0.538. The lowest BCUT2D eigenvalue weighted by Gasteiger charge is -2.16. The predicted molar refractivity (Wildman–Crippen MR) is 76.3 cm³/mol. The highest BCUT2D eigenvalue weighted by atomic mass is 32.2. The highest BCUT2D eigenvalue weighted by Crippen LogP contribution is 2.29. The summed E-state index contributed by atoms with van der Waals surface area (Å²) >= 11 is 1.55. The van der Waals surface area contributed by atoms with Gasteiger partial charge in [-0.2, -0.15) is 0 Å². The van der Waals surface area contributed by atoms with Gasteiger partial charge in [0.2, 0.25) is 5.91 Å². The van der Waals surface area contributed by atoms with Crippen LogP contribution in [0.4, 0.5) is 5.82 Å². The molecule has 1 fully saturated rings. The molecule has 2 aliphatic rings. The van der Waals surface area contributed by atoms with Gasteiger partial charge in [0.15, 0.2) is 0 Å². The predicted octanol–water partition coefficient (Wildman–Crippen LogP) is 0.825. The molecule has 1 atom stereocenters. The van der Waals surface area contributed by atoms with Gasteiger partial charge in [0, 0.05) is 6.54 Å². The number of thioether (sulfide) groups is 1. The normalized spacial score (nSPS) is 22.1. The molecule has 0 radical (unpaired) electrons. The van der Waals surface area contributed by atoms with Crippen LogP contribution in [-0.4, -0.2) is 36.3 Å². The number of amides is 1. The van der Waals surface area contributed by atoms with Gasteiger partial charge in [0.05, 0.1) is 16.3 Å². The Hall–Kier alpha value is -1.11. The second-order valence-corrected chi connectivity index (χ2v) is 5.99. The van der Waals surface area contributed by atoms with E-state index in [1.54, 1.807) is 11.8 Å². The average molecular weight is 278 g/mol. The Kier molecular flexibility index (Phi) is 4.00. The molecular weight excluding hydrogens is 260 g/mol. The third kappa shape index (κ3) is 3.26. The Morgan fingerprint density at radius 2 is 2.42 bits per heavy atom. The van der Waals surface area contributed by atoms with Gasteiger partial charge in [-0.25, -0.2) is 4.98 Å². The second kappa shape index (κ2) is 5.90. The van der Waals surface area contributed by atoms with Crippen LogP contribution >= 0.6 is 11.8 Å². The molecular formula is C13H18N4OS. The van der Waals surface area contributed by atoms with Gasteiger partial charge in [0.1, 0.15) is 5.82 Å². The van der Waals surface area contributed by atoms with Crippen LogP contribution in [0.2, 0.25) is 0 Å². The van der Waals surface area contributed by atoms with Crippen molar-refractivity contribution in [2.45, 2.75) is 17.9 Å². The van der Waals surface area contributed by atoms with Crippen LogP contribution in [0.5, 0.6) is 0 Å². The van der Waals surface area contributed by atoms with E-state index < -0.39 is 0 Å². The maximum Gasteiger partial charge on any atom is 0.235 e. The second-order valence-electron chi connectivity index (χ2n) is 4.98. The van der Waals surface area contributed by atoms with Crippen LogP contribution < -0.4 is 16.0 Å². The molecule has 3 rings (SSSR count). The van der Waals surface area contributed by atoms with Crippen LogP contribution in [0.15, 0.2) is 17.0 Å². The lowest BCUT2D eigenvalue weighted by Crippen LogP contribution is -2.25. The number of nitrogens with zero attached hydrogens (tertiary/aromatic N) is 1. The van der Waals surface area contributed by atoms with Gasteiger partial charge in [-0.15, -0.1) is 11.8 Å². The summed E-state index contributed by atoms with van der Waals surface area (Å²) in [5.41, 5.74) is 0.979. The zero-order valence-electron chi connectivity index (χ0n) is 10.7. The van der Waals surface area contributed by atoms with Crippen LogP contribution in [0.25, 0.3) is 0 Å². The maximum absolute atomic E-state index is 11.3. The molecule has 19 heavy (non-hydrogen) atoms. The third-order valence-corrected chi connectivity index (χ3v) is 4.48. The van der Waals surface area contributed by atoms with Crippen molar-refractivity contribution >= 4 is 23.5 Å². The summed E-state index contributed by atoms with van der Waals surface area (Å²) in [5, 5.41) is 9.62. The van der Waals surface area contributed by atoms with Crippen molar-refractivity contribution in [1.29, 1.82) is 0 Å². The molecule has 3 heterocycles. The van der Waals surface area contributed by atoms with E-state index in [1.165, 1.54) is 6.42 Å². The molecule has 1 aromatic heterocycles. The summed E-state index contributed by atoms with van der Waals surface area (Å²) in [6.45, 7) is 4.02. The van der Waals surface area contributed by atoms with E-state index >= 15 is 0 Å². The summed E-state index contributed by atoms with van der Waals surface area (Å²) in [6.07, 6.45) is 1.25. The minimum atomic E-state index is 0.0344. The van der Waals surface area contributed by atoms with E-state index in [9.17, 15) is 4.79 Å². The standard InChI is InChI=1S/C13H18N4OS/c18-12-8-19-11-2-1-10(16-13(11)17-12)7-15-6-9-3-4-14-5-9/h1-2,9,14-15H,3-8H2,(H,16,17,18)/t9-/m0/s1. The summed E-state index contributed by atoms with van der Waals surface area (Å²) < 4.78 is 0. The average Bonchev–Trinajstić information content (AvgIpc) is 2.91. The number of carbonyl (C=O) groups is 1. The number of rotatable bonds is 4. The van der Waals surface area contributed by atoms with Crippen molar-refractivity contribution in [3.63, 3.8) is 0 Å². The molecule has 1 aromatic rings. The van der Waals surface area contributed by atoms with E-state index in [1.807, 2.05) is 12.1 Å². The highest BCUT2D eigenvalue weighted by Gasteiger charge is 2.17. The zero-order chi connectivity index (χ0) is 13.1. The Morgan fingerprint density at radius 3 is 3.26 bits per heavy atom. The largest absolute Gasteiger partial charge is 0.316 e. The number of aromatic nitrogens is 1. The molecule has 0 unspecified atom stereocenters. The molecule has 5 nitrogen and oxygen atoms in total. The first-order valence-corrected chi connectivity index (χ1v) is 7.64. The van der Waals surface area contributed by atoms with Crippen molar-refractivity contribution in [2.24, 2.45) is 5.92 Å². The first-order valence-electron chi connectivity index (χ1n) is 6.65. The van der Waals surface area contributed by atoms with E-state index in [4.69, 9.17) is 0 Å². The topological polar surface area (TPSA) is 66.0 Å². The van der Waals surface area contributed by atoms with Gasteiger partial charge in [-0.1, -0.05) is 0 Å². The summed E-state index contributed by atoms with van der Waals surface area (Å²) in [4.78, 5) is 16.9. The quantitative estimate of drug-likeness (QED) is 0.761. The molecule has 0 bridgehead atoms. The minimum Gasteiger partial charge on any atom is -0.316 e. The third-order valence-electron chi connectivity index (χ3n) is 3.43. The SMILES string of the molecule is O=C1CSc2ccc(CNC[C@H]3CCNC3)nc2N1. The van der Waals surface area contributed by atoms with Crippen molar-refractivity contribution < 1.29 is 4.79 Å². The molecule has 0 aromatic carbocycles. The molecule has 3 N–H and O–H groups in total. The van der Waals surface area contributed by atoms with Gasteiger partial charge in [-0.3, -0.25) is 4.79 Å². The van der Waals surface area contributed by atoms with Crippen molar-refractivity contribution in [2.75, 3.05) is 30.7 Å². The first kappa shape index (κ1) is 12.9. The molecule has 6 heteroatoms. The summed E-state index contributed by atoms with van der Waals surface area (Å²) in [6, 6.07) is 4.07. The van der Waals surface area contributed by atoms with E-state index in [0.717, 1.165) is 42.7 Å². The smallest absolute Gasteiger partial charge is 0.235 e. The molecule has 0 spiro atoms. The van der Waals surface area contributed by atoms with Gasteiger partial charge >= 0.3 is 0 Å². The number of fused-ring (bicyclic) bond motifs is 1. The molecule has 102 valence electrons. The lowest BCUT2D eigenvalue weighted by molar-refractivity contribution is -0.113. The van der Waals surface area contributed by atoms with E-state index in [2.05, 4.69) is 20.9 Å². The van der Waals surface area contributed by atoms with E-state index in [0.29, 0.717) is 11.6 Å². The number of nitrogens with one attached hydrogen (secondary N) is 3. The molecule has 2 aliphatic heterocycles. The number of hydrogen-bond donors (Lipinski definition) is 3. The first-order chi connectivity index (χ1) is 9.31. The molecule has 1 amide bonds. The highest BCUT2D eigenvalue weighted by molar-refractivity contribution is 8.00. The summed E-state index contributed by atoms with van der Waals surface area (Å²) in [5.74, 6) is 1.96. The van der Waals surface area contributed by atoms with Crippen LogP contribution in [0, 0.1) is 5.92 Å². The van der Waals surface area contributed by atoms with Crippen molar-refractivity contribution in [3.05, 3.63) is 17.8 Å². The Bertz CT molecular complexity index is 474. The van der Waals surface area contributed by atoms with Crippen LogP contribution in [0.1, 0.15) is 12.1 Å². The van der Waals surface area contributed by atoms with Gasteiger partial charge in [0.25, 0.3) is 0 Å². The number of hydrogen-bond acceptors (Lipinski definition) is 5. The molecule has 1 saturated heterocycles. The van der Waals surface area contributed by atoms with Crippen molar-refractivity contribution in [3.8, 4) is 0 Å². The summed E-state index contributed by atoms with van der Waals surface area (Å²) in [7, 11) is 0. The fourth-order valence-electron chi connectivity index (χ4n) is 2.40. The number of anilines is 1. The monoisotopic (exact) mass is 278 g/mol. The van der Waals surface area contributed by atoms with Crippen LogP contribution in [-0.2, 0) is 11.3 Å². The van der Waals surface area contributed by atoms with Crippen molar-refractivity contribution in [1.82, 2.24) is 15.6 Å². The Morgan fingerprint density at radius 1 is 1.47 bits per heavy atom. The van der Waals surface area contributed by atoms with Crippen LogP contribution in [0.3, 0.4) is 0 Å². The van der Waals surface area contributed by atoms with E-state index in [-0.39, 0.29) is 5.91 Å². The minimum absolute atomic E-state index is 0.0344. The zero-order valence-corrected chi connectivity index (χ0v) is 11.6. The lowest BCUT2D eigenvalue weighted by atomic mass is 10.1. The Balaban J connectivity index is 1.56. The number of pyridine rings is 1. The Labute approximate surface area is 116 Å². The number of carbonyl (C=O) groups excluding carboxylic acids is 1. The molecule has 0 saturated carbocycles. The van der Waals surface area contributed by atoms with Gasteiger partial charge < -0.3 is 16.0 Å². The maximum atomic E-state index is 11.3. The molecule has 0 aliphatic carbocycles. The van der Waals surface area contributed by atoms with Gasteiger partial charge in [-0.05, 0) is 44.1 Å². The fourth-order valence-corrected chi connectivity index (χ4v) is 3.15.